The molecule has 2 aromatic heterocycles. The second-order valence-electron chi connectivity index (χ2n) is 6.53. The molecule has 4 rings (SSSR count). The Morgan fingerprint density at radius 1 is 1.03 bits per heavy atom. The Morgan fingerprint density at radius 2 is 1.77 bits per heavy atom. The van der Waals surface area contributed by atoms with Crippen molar-refractivity contribution in [2.24, 2.45) is 0 Å². The summed E-state index contributed by atoms with van der Waals surface area (Å²) >= 11 is 0. The molecule has 0 unspecified atom stereocenters. The monoisotopic (exact) mass is 418 g/mol. The van der Waals surface area contributed by atoms with E-state index in [1.807, 2.05) is 11.0 Å². The smallest absolute Gasteiger partial charge is 0.405 e. The first-order chi connectivity index (χ1) is 14.4. The zero-order valence-corrected chi connectivity index (χ0v) is 15.7. The number of halogens is 3. The van der Waals surface area contributed by atoms with E-state index in [1.54, 1.807) is 23.3 Å². The lowest BCUT2D eigenvalue weighted by atomic mass is 10.1. The second-order valence-corrected chi connectivity index (χ2v) is 6.53. The molecule has 0 bridgehead atoms. The maximum Gasteiger partial charge on any atom is 0.573 e. The van der Waals surface area contributed by atoms with Gasteiger partial charge in [0.15, 0.2) is 0 Å². The standard InChI is InChI=1S/C19H17F3N6O2/c20-19(21,22)30-15-4-2-1-3-14(15)18(29)27-9-7-26(8-10-27)16-11-17(25-12-24-16)28-6-5-23-13-28/h1-6,11-13H,7-10H2. The predicted molar refractivity (Wildman–Crippen MR) is 100 cm³/mol. The van der Waals surface area contributed by atoms with Gasteiger partial charge in [0.25, 0.3) is 5.91 Å². The summed E-state index contributed by atoms with van der Waals surface area (Å²) in [5.74, 6) is 0.352. The van der Waals surface area contributed by atoms with Crippen LogP contribution in [0.4, 0.5) is 19.0 Å². The second kappa shape index (κ2) is 8.01. The maximum atomic E-state index is 12.8. The quantitative estimate of drug-likeness (QED) is 0.648. The van der Waals surface area contributed by atoms with Crippen LogP contribution in [0.25, 0.3) is 5.82 Å². The lowest BCUT2D eigenvalue weighted by molar-refractivity contribution is -0.274. The van der Waals surface area contributed by atoms with E-state index in [0.29, 0.717) is 37.8 Å². The number of para-hydroxylation sites is 1. The van der Waals surface area contributed by atoms with Gasteiger partial charge in [-0.05, 0) is 12.1 Å². The minimum atomic E-state index is -4.87. The third-order valence-electron chi connectivity index (χ3n) is 4.64. The number of nitrogens with zero attached hydrogens (tertiary/aromatic N) is 6. The van der Waals surface area contributed by atoms with Crippen LogP contribution in [0.15, 0.2) is 55.4 Å². The molecule has 8 nitrogen and oxygen atoms in total. The molecule has 30 heavy (non-hydrogen) atoms. The topological polar surface area (TPSA) is 76.4 Å². The van der Waals surface area contributed by atoms with Gasteiger partial charge in [-0.25, -0.2) is 15.0 Å². The number of amides is 1. The number of piperazine rings is 1. The molecule has 0 atom stereocenters. The van der Waals surface area contributed by atoms with Crippen LogP contribution < -0.4 is 9.64 Å². The van der Waals surface area contributed by atoms with Crippen molar-refractivity contribution in [3.63, 3.8) is 0 Å². The van der Waals surface area contributed by atoms with Gasteiger partial charge in [-0.15, -0.1) is 13.2 Å². The van der Waals surface area contributed by atoms with E-state index in [9.17, 15) is 18.0 Å². The molecule has 1 aliphatic heterocycles. The van der Waals surface area contributed by atoms with E-state index in [4.69, 9.17) is 0 Å². The molecule has 0 saturated carbocycles. The van der Waals surface area contributed by atoms with E-state index >= 15 is 0 Å². The van der Waals surface area contributed by atoms with E-state index in [0.717, 1.165) is 6.07 Å². The summed E-state index contributed by atoms with van der Waals surface area (Å²) in [6.45, 7) is 1.63. The Balaban J connectivity index is 1.44. The molecule has 0 aliphatic carbocycles. The maximum absolute atomic E-state index is 12.8. The number of rotatable bonds is 4. The highest BCUT2D eigenvalue weighted by Crippen LogP contribution is 2.27. The van der Waals surface area contributed by atoms with Gasteiger partial charge in [0.05, 0.1) is 5.56 Å². The average molecular weight is 418 g/mol. The Labute approximate surface area is 169 Å². The molecule has 1 fully saturated rings. The van der Waals surface area contributed by atoms with Crippen LogP contribution in [-0.4, -0.2) is 62.9 Å². The Hall–Kier alpha value is -3.63. The first-order valence-electron chi connectivity index (χ1n) is 9.10. The van der Waals surface area contributed by atoms with Gasteiger partial charge in [0, 0.05) is 44.6 Å². The van der Waals surface area contributed by atoms with Crippen molar-refractivity contribution in [1.29, 1.82) is 0 Å². The number of hydrogen-bond donors (Lipinski definition) is 0. The van der Waals surface area contributed by atoms with Crippen LogP contribution in [0.1, 0.15) is 10.4 Å². The van der Waals surface area contributed by atoms with Gasteiger partial charge in [-0.3, -0.25) is 9.36 Å². The van der Waals surface area contributed by atoms with Gasteiger partial charge in [-0.2, -0.15) is 0 Å². The molecule has 0 N–H and O–H groups in total. The summed E-state index contributed by atoms with van der Waals surface area (Å²) in [6, 6.07) is 7.17. The fourth-order valence-corrected chi connectivity index (χ4v) is 3.21. The summed E-state index contributed by atoms with van der Waals surface area (Å²) in [5.41, 5.74) is -0.118. The molecule has 1 amide bonds. The molecule has 1 aliphatic rings. The molecule has 11 heteroatoms. The predicted octanol–water partition coefficient (Wildman–Crippen LogP) is 2.52. The van der Waals surface area contributed by atoms with Crippen molar-refractivity contribution < 1.29 is 22.7 Å². The molecular weight excluding hydrogens is 401 g/mol. The highest BCUT2D eigenvalue weighted by atomic mass is 19.4. The summed E-state index contributed by atoms with van der Waals surface area (Å²) in [5, 5.41) is 0. The number of hydrogen-bond acceptors (Lipinski definition) is 6. The molecule has 0 radical (unpaired) electrons. The van der Waals surface area contributed by atoms with Crippen LogP contribution >= 0.6 is 0 Å². The number of carbonyl (C=O) groups excluding carboxylic acids is 1. The third kappa shape index (κ3) is 4.34. The fourth-order valence-electron chi connectivity index (χ4n) is 3.21. The first kappa shape index (κ1) is 19.7. The van der Waals surface area contributed by atoms with Crippen LogP contribution in [0, 0.1) is 0 Å². The lowest BCUT2D eigenvalue weighted by Gasteiger charge is -2.35. The lowest BCUT2D eigenvalue weighted by Crippen LogP contribution is -2.49. The summed E-state index contributed by atoms with van der Waals surface area (Å²) < 4.78 is 43.6. The third-order valence-corrected chi connectivity index (χ3v) is 4.64. The highest BCUT2D eigenvalue weighted by molar-refractivity contribution is 5.97. The van der Waals surface area contributed by atoms with E-state index in [1.165, 1.54) is 29.4 Å². The van der Waals surface area contributed by atoms with Crippen molar-refractivity contribution in [2.75, 3.05) is 31.1 Å². The van der Waals surface area contributed by atoms with Gasteiger partial charge in [0.1, 0.15) is 30.0 Å². The number of aromatic nitrogens is 4. The van der Waals surface area contributed by atoms with Gasteiger partial charge < -0.3 is 14.5 Å². The van der Waals surface area contributed by atoms with Crippen LogP contribution in [0.5, 0.6) is 5.75 Å². The molecule has 3 aromatic rings. The molecular formula is C19H17F3N6O2. The number of carbonyl (C=O) groups is 1. The minimum absolute atomic E-state index is 0.118. The summed E-state index contributed by atoms with van der Waals surface area (Å²) in [6.07, 6.45) is 1.63. The summed E-state index contributed by atoms with van der Waals surface area (Å²) in [7, 11) is 0. The SMILES string of the molecule is O=C(c1ccccc1OC(F)(F)F)N1CCN(c2cc(-n3ccnc3)ncn2)CC1. The number of imidazole rings is 1. The zero-order chi connectivity index (χ0) is 21.1. The fraction of sp³-hybridized carbons (Fsp3) is 0.263. The van der Waals surface area contributed by atoms with Crippen LogP contribution in [-0.2, 0) is 0 Å². The van der Waals surface area contributed by atoms with Gasteiger partial charge in [0.2, 0.25) is 0 Å². The Kier molecular flexibility index (Phi) is 5.25. The number of benzene rings is 1. The Morgan fingerprint density at radius 3 is 2.47 bits per heavy atom. The number of anilines is 1. The average Bonchev–Trinajstić information content (AvgIpc) is 3.28. The largest absolute Gasteiger partial charge is 0.573 e. The number of ether oxygens (including phenoxy) is 1. The zero-order valence-electron chi connectivity index (χ0n) is 15.7. The normalized spacial score (nSPS) is 14.6. The van der Waals surface area contributed by atoms with Crippen molar-refractivity contribution >= 4 is 11.7 Å². The minimum Gasteiger partial charge on any atom is -0.405 e. The van der Waals surface area contributed by atoms with Gasteiger partial charge in [-0.1, -0.05) is 12.1 Å². The van der Waals surface area contributed by atoms with Crippen molar-refractivity contribution in [1.82, 2.24) is 24.4 Å². The van der Waals surface area contributed by atoms with Gasteiger partial charge >= 0.3 is 6.36 Å². The molecule has 3 heterocycles. The Bertz CT molecular complexity index is 1020. The van der Waals surface area contributed by atoms with Crippen molar-refractivity contribution in [3.05, 3.63) is 60.9 Å². The van der Waals surface area contributed by atoms with E-state index < -0.39 is 18.0 Å². The first-order valence-corrected chi connectivity index (χ1v) is 9.10. The molecule has 0 spiro atoms. The molecule has 1 saturated heterocycles. The van der Waals surface area contributed by atoms with Crippen molar-refractivity contribution in [3.8, 4) is 11.6 Å². The summed E-state index contributed by atoms with van der Waals surface area (Å²) in [4.78, 5) is 28.8. The van der Waals surface area contributed by atoms with Crippen LogP contribution in [0.3, 0.4) is 0 Å². The molecule has 156 valence electrons. The van der Waals surface area contributed by atoms with Crippen molar-refractivity contribution in [2.45, 2.75) is 6.36 Å². The number of alkyl halides is 3. The molecule has 1 aromatic carbocycles. The highest BCUT2D eigenvalue weighted by Gasteiger charge is 2.34. The van der Waals surface area contributed by atoms with E-state index in [-0.39, 0.29) is 5.56 Å². The van der Waals surface area contributed by atoms with E-state index in [2.05, 4.69) is 19.7 Å². The van der Waals surface area contributed by atoms with Crippen LogP contribution in [0.2, 0.25) is 0 Å².